The Morgan fingerprint density at radius 2 is 1.79 bits per heavy atom. The normalized spacial score (nSPS) is 18.6. The highest BCUT2D eigenvalue weighted by molar-refractivity contribution is 9.10. The Morgan fingerprint density at radius 1 is 0.953 bits per heavy atom. The minimum Gasteiger partial charge on any atom is -0.494 e. The van der Waals surface area contributed by atoms with Gasteiger partial charge in [-0.15, -0.1) is 0 Å². The molecule has 2 aliphatic rings. The summed E-state index contributed by atoms with van der Waals surface area (Å²) in [5.74, 6) is 2.54. The molecule has 0 radical (unpaired) electrons. The predicted octanol–water partition coefficient (Wildman–Crippen LogP) is 5.61. The summed E-state index contributed by atoms with van der Waals surface area (Å²) >= 11 is 3.59. The van der Waals surface area contributed by atoms with Gasteiger partial charge in [0.15, 0.2) is 0 Å². The molecule has 0 saturated carbocycles. The number of halogens is 1. The molecule has 0 spiro atoms. The Bertz CT molecular complexity index is 1790. The van der Waals surface area contributed by atoms with Crippen molar-refractivity contribution in [3.63, 3.8) is 0 Å². The molecule has 220 valence electrons. The number of likely N-dealkylation sites (N-methyl/N-ethyl adjacent to an activating group) is 1. The number of fused-ring (bicyclic) bond motifs is 2. The first-order valence-corrected chi connectivity index (χ1v) is 15.2. The summed E-state index contributed by atoms with van der Waals surface area (Å²) in [7, 11) is 5.89. The maximum Gasteiger partial charge on any atom is 0.229 e. The van der Waals surface area contributed by atoms with Crippen LogP contribution in [0.1, 0.15) is 12.8 Å². The molecule has 11 nitrogen and oxygen atoms in total. The molecule has 2 aliphatic heterocycles. The van der Waals surface area contributed by atoms with Crippen LogP contribution in [0, 0.1) is 5.92 Å². The molecule has 43 heavy (non-hydrogen) atoms. The lowest BCUT2D eigenvalue weighted by Gasteiger charge is -2.39. The van der Waals surface area contributed by atoms with Crippen LogP contribution in [-0.4, -0.2) is 74.4 Å². The van der Waals surface area contributed by atoms with Crippen molar-refractivity contribution in [3.8, 4) is 16.9 Å². The van der Waals surface area contributed by atoms with Gasteiger partial charge in [0.2, 0.25) is 5.95 Å². The fraction of sp³-hybridized carbons (Fsp3) is 0.323. The molecule has 2 aromatic carbocycles. The lowest BCUT2D eigenvalue weighted by molar-refractivity contribution is 0.246. The molecule has 0 aliphatic carbocycles. The van der Waals surface area contributed by atoms with E-state index < -0.39 is 0 Å². The number of likely N-dealkylation sites (tertiary alicyclic amines) is 1. The van der Waals surface area contributed by atoms with Crippen LogP contribution in [0.4, 0.5) is 28.8 Å². The number of nitrogens with zero attached hydrogens (tertiary/aromatic N) is 8. The number of aryl methyl sites for hydroxylation is 1. The quantitative estimate of drug-likeness (QED) is 0.233. The molecule has 0 amide bonds. The van der Waals surface area contributed by atoms with Gasteiger partial charge < -0.3 is 25.2 Å². The van der Waals surface area contributed by atoms with Crippen LogP contribution in [0.25, 0.3) is 22.2 Å². The Morgan fingerprint density at radius 3 is 2.60 bits per heavy atom. The van der Waals surface area contributed by atoms with E-state index in [0.717, 1.165) is 68.5 Å². The number of rotatable bonds is 7. The fourth-order valence-corrected chi connectivity index (χ4v) is 6.56. The molecule has 0 bridgehead atoms. The van der Waals surface area contributed by atoms with Crippen LogP contribution in [0.15, 0.2) is 65.8 Å². The van der Waals surface area contributed by atoms with Crippen molar-refractivity contribution in [2.45, 2.75) is 18.9 Å². The van der Waals surface area contributed by atoms with E-state index in [9.17, 15) is 0 Å². The monoisotopic (exact) mass is 640 g/mol. The van der Waals surface area contributed by atoms with E-state index in [1.807, 2.05) is 36.1 Å². The summed E-state index contributed by atoms with van der Waals surface area (Å²) < 4.78 is 8.50. The molecule has 7 rings (SSSR count). The van der Waals surface area contributed by atoms with Crippen molar-refractivity contribution >= 4 is 55.8 Å². The summed E-state index contributed by atoms with van der Waals surface area (Å²) in [5, 5.41) is 11.3. The standard InChI is InChI=1S/C31H33BrN10O/c1-40-10-6-19-7-11-42(18-28(19)40)27-14-29(43-3)26(13-22(27)20-15-36-41(2)17-20)38-31-35-16-23(32)30(39-31)37-21-4-5-24-25(12-21)34-9-8-33-24/h4-5,8-9,12-17,19,28H,6-7,10-11,18H2,1-3H3,(H2,35,37,38,39). The van der Waals surface area contributed by atoms with Crippen LogP contribution < -0.4 is 20.3 Å². The summed E-state index contributed by atoms with van der Waals surface area (Å²) in [6, 6.07) is 10.6. The molecule has 2 N–H and O–H groups in total. The number of anilines is 5. The second kappa shape index (κ2) is 11.4. The van der Waals surface area contributed by atoms with E-state index in [0.29, 0.717) is 17.8 Å². The van der Waals surface area contributed by atoms with E-state index in [4.69, 9.17) is 9.72 Å². The molecule has 3 aromatic heterocycles. The Balaban J connectivity index is 1.22. The second-order valence-corrected chi connectivity index (χ2v) is 12.1. The molecule has 5 heterocycles. The van der Waals surface area contributed by atoms with Gasteiger partial charge in [-0.1, -0.05) is 0 Å². The van der Waals surface area contributed by atoms with Gasteiger partial charge in [0, 0.05) is 79.5 Å². The van der Waals surface area contributed by atoms with Crippen LogP contribution in [0.5, 0.6) is 5.75 Å². The van der Waals surface area contributed by atoms with E-state index >= 15 is 0 Å². The van der Waals surface area contributed by atoms with E-state index in [1.165, 1.54) is 19.4 Å². The number of ether oxygens (including phenoxy) is 1. The number of nitrogens with one attached hydrogen (secondary N) is 2. The summed E-state index contributed by atoms with van der Waals surface area (Å²) in [6.45, 7) is 3.18. The van der Waals surface area contributed by atoms with E-state index in [2.05, 4.69) is 81.8 Å². The minimum atomic E-state index is 0.433. The summed E-state index contributed by atoms with van der Waals surface area (Å²) in [4.78, 5) is 23.1. The van der Waals surface area contributed by atoms with Crippen molar-refractivity contribution < 1.29 is 4.74 Å². The van der Waals surface area contributed by atoms with Crippen molar-refractivity contribution in [1.82, 2.24) is 34.6 Å². The highest BCUT2D eigenvalue weighted by Crippen LogP contribution is 2.43. The maximum absolute atomic E-state index is 5.93. The number of methoxy groups -OCH3 is 1. The zero-order valence-corrected chi connectivity index (χ0v) is 25.9. The largest absolute Gasteiger partial charge is 0.494 e. The highest BCUT2D eigenvalue weighted by Gasteiger charge is 2.37. The highest BCUT2D eigenvalue weighted by atomic mass is 79.9. The van der Waals surface area contributed by atoms with Crippen LogP contribution in [0.2, 0.25) is 0 Å². The van der Waals surface area contributed by atoms with Gasteiger partial charge in [0.1, 0.15) is 11.6 Å². The molecule has 2 saturated heterocycles. The van der Waals surface area contributed by atoms with Crippen LogP contribution in [-0.2, 0) is 7.05 Å². The third-order valence-corrected chi connectivity index (χ3v) is 9.12. The molecular formula is C31H33BrN10O. The average molecular weight is 642 g/mol. The first kappa shape index (κ1) is 27.5. The third-order valence-electron chi connectivity index (χ3n) is 8.54. The first-order valence-electron chi connectivity index (χ1n) is 14.4. The first-order chi connectivity index (χ1) is 20.9. The topological polar surface area (TPSA) is 109 Å². The molecule has 2 atom stereocenters. The van der Waals surface area contributed by atoms with Gasteiger partial charge in [-0.2, -0.15) is 10.1 Å². The van der Waals surface area contributed by atoms with Crippen LogP contribution >= 0.6 is 15.9 Å². The predicted molar refractivity (Wildman–Crippen MR) is 172 cm³/mol. The maximum atomic E-state index is 5.93. The number of hydrogen-bond donors (Lipinski definition) is 2. The van der Waals surface area contributed by atoms with E-state index in [-0.39, 0.29) is 0 Å². The zero-order valence-electron chi connectivity index (χ0n) is 24.3. The number of benzene rings is 2. The number of piperidine rings is 1. The SMILES string of the molecule is COc1cc(N2CCC3CCN(C)C3C2)c(-c2cnn(C)c2)cc1Nc1ncc(Br)c(Nc2ccc3nccnc3c2)n1. The smallest absolute Gasteiger partial charge is 0.229 e. The molecule has 12 heteroatoms. The molecular weight excluding hydrogens is 608 g/mol. The van der Waals surface area contributed by atoms with Gasteiger partial charge in [-0.3, -0.25) is 14.6 Å². The zero-order chi connectivity index (χ0) is 29.5. The Hall–Kier alpha value is -4.29. The average Bonchev–Trinajstić information content (AvgIpc) is 3.63. The van der Waals surface area contributed by atoms with Gasteiger partial charge in [0.05, 0.1) is 34.5 Å². The molecule has 2 fully saturated rings. The van der Waals surface area contributed by atoms with Crippen LogP contribution in [0.3, 0.4) is 0 Å². The molecule has 5 aromatic rings. The van der Waals surface area contributed by atoms with Crippen molar-refractivity contribution in [2.24, 2.45) is 13.0 Å². The van der Waals surface area contributed by atoms with Gasteiger partial charge >= 0.3 is 0 Å². The lowest BCUT2D eigenvalue weighted by atomic mass is 9.91. The lowest BCUT2D eigenvalue weighted by Crippen LogP contribution is -2.47. The summed E-state index contributed by atoms with van der Waals surface area (Å²) in [5.41, 5.74) is 6.52. The minimum absolute atomic E-state index is 0.433. The van der Waals surface area contributed by atoms with Gasteiger partial charge in [-0.05, 0) is 72.5 Å². The van der Waals surface area contributed by atoms with Gasteiger partial charge in [0.25, 0.3) is 0 Å². The molecule has 2 unspecified atom stereocenters. The third kappa shape index (κ3) is 5.48. The summed E-state index contributed by atoms with van der Waals surface area (Å²) in [6.07, 6.45) is 11.5. The van der Waals surface area contributed by atoms with Crippen molar-refractivity contribution in [1.29, 1.82) is 0 Å². The number of hydrogen-bond acceptors (Lipinski definition) is 10. The fourth-order valence-electron chi connectivity index (χ4n) is 6.27. The number of aromatic nitrogens is 6. The van der Waals surface area contributed by atoms with E-state index in [1.54, 1.807) is 25.7 Å². The van der Waals surface area contributed by atoms with Crippen molar-refractivity contribution in [2.75, 3.05) is 49.3 Å². The second-order valence-electron chi connectivity index (χ2n) is 11.2. The van der Waals surface area contributed by atoms with Gasteiger partial charge in [-0.25, -0.2) is 4.98 Å². The Kier molecular flexibility index (Phi) is 7.31. The van der Waals surface area contributed by atoms with Crippen molar-refractivity contribution in [3.05, 3.63) is 65.8 Å². The Labute approximate surface area is 258 Å².